The molecule has 0 radical (unpaired) electrons. The molecule has 1 atom stereocenters. The molecule has 0 spiro atoms. The van der Waals surface area contributed by atoms with E-state index in [2.05, 4.69) is 0 Å². The van der Waals surface area contributed by atoms with Crippen molar-refractivity contribution < 1.29 is 19.0 Å². The third-order valence-corrected chi connectivity index (χ3v) is 2.27. The lowest BCUT2D eigenvalue weighted by atomic mass is 10.0. The summed E-state index contributed by atoms with van der Waals surface area (Å²) in [6, 6.07) is 4.50. The molecule has 0 fully saturated rings. The summed E-state index contributed by atoms with van der Waals surface area (Å²) in [7, 11) is 0. The first kappa shape index (κ1) is 12.5. The smallest absolute Gasteiger partial charge is 0.344 e. The molecule has 1 unspecified atom stereocenters. The summed E-state index contributed by atoms with van der Waals surface area (Å²) in [4.78, 5) is 10.6. The molecule has 0 saturated carbocycles. The van der Waals surface area contributed by atoms with E-state index in [1.807, 2.05) is 13.8 Å². The number of hydrogen-bond donors (Lipinski definition) is 1. The maximum atomic E-state index is 13.3. The van der Waals surface area contributed by atoms with Crippen LogP contribution in [0.3, 0.4) is 0 Å². The van der Waals surface area contributed by atoms with Crippen LogP contribution in [0.5, 0.6) is 5.75 Å². The number of benzene rings is 1. The number of halogens is 1. The second-order valence-electron chi connectivity index (χ2n) is 3.94. The second-order valence-corrected chi connectivity index (χ2v) is 3.94. The Bertz CT molecular complexity index is 388. The fourth-order valence-electron chi connectivity index (χ4n) is 1.21. The number of rotatable bonds is 4. The van der Waals surface area contributed by atoms with Gasteiger partial charge in [-0.15, -0.1) is 0 Å². The van der Waals surface area contributed by atoms with Crippen molar-refractivity contribution in [1.82, 2.24) is 0 Å². The van der Waals surface area contributed by atoms with Gasteiger partial charge in [0.1, 0.15) is 0 Å². The quantitative estimate of drug-likeness (QED) is 0.858. The van der Waals surface area contributed by atoms with Crippen molar-refractivity contribution in [3.8, 4) is 5.75 Å². The van der Waals surface area contributed by atoms with Gasteiger partial charge in [0, 0.05) is 0 Å². The highest BCUT2D eigenvalue weighted by Gasteiger charge is 2.15. The zero-order chi connectivity index (χ0) is 12.3. The molecule has 0 amide bonds. The van der Waals surface area contributed by atoms with Crippen molar-refractivity contribution in [2.75, 3.05) is 0 Å². The number of carboxylic acid groups (broad SMARTS) is 1. The van der Waals surface area contributed by atoms with Crippen LogP contribution in [-0.2, 0) is 4.79 Å². The number of ether oxygens (including phenoxy) is 1. The highest BCUT2D eigenvalue weighted by molar-refractivity contribution is 5.72. The molecule has 16 heavy (non-hydrogen) atoms. The first-order valence-corrected chi connectivity index (χ1v) is 5.10. The van der Waals surface area contributed by atoms with Crippen LogP contribution in [0.2, 0.25) is 0 Å². The van der Waals surface area contributed by atoms with Crippen molar-refractivity contribution in [2.24, 2.45) is 0 Å². The molecule has 88 valence electrons. The van der Waals surface area contributed by atoms with E-state index < -0.39 is 17.9 Å². The van der Waals surface area contributed by atoms with Gasteiger partial charge in [-0.1, -0.05) is 19.9 Å². The topological polar surface area (TPSA) is 46.5 Å². The predicted molar refractivity (Wildman–Crippen MR) is 58.2 cm³/mol. The van der Waals surface area contributed by atoms with E-state index in [0.717, 1.165) is 5.56 Å². The number of carboxylic acids is 1. The van der Waals surface area contributed by atoms with Gasteiger partial charge in [-0.05, 0) is 30.5 Å². The molecule has 1 N–H and O–H groups in total. The van der Waals surface area contributed by atoms with Crippen LogP contribution in [-0.4, -0.2) is 17.2 Å². The first-order valence-electron chi connectivity index (χ1n) is 5.10. The summed E-state index contributed by atoms with van der Waals surface area (Å²) in [5.41, 5.74) is 0.911. The number of hydrogen-bond acceptors (Lipinski definition) is 2. The van der Waals surface area contributed by atoms with E-state index in [0.29, 0.717) is 0 Å². The summed E-state index contributed by atoms with van der Waals surface area (Å²) < 4.78 is 18.4. The Balaban J connectivity index is 2.94. The molecule has 0 bridgehead atoms. The highest BCUT2D eigenvalue weighted by Crippen LogP contribution is 2.24. The monoisotopic (exact) mass is 226 g/mol. The molecule has 0 aliphatic heterocycles. The Morgan fingerprint density at radius 3 is 2.50 bits per heavy atom. The Labute approximate surface area is 93.9 Å². The van der Waals surface area contributed by atoms with E-state index in [4.69, 9.17) is 9.84 Å². The van der Waals surface area contributed by atoms with Gasteiger partial charge in [0.15, 0.2) is 17.7 Å². The third-order valence-electron chi connectivity index (χ3n) is 2.27. The van der Waals surface area contributed by atoms with E-state index in [1.54, 1.807) is 12.1 Å². The van der Waals surface area contributed by atoms with Crippen LogP contribution in [0.4, 0.5) is 4.39 Å². The SMILES string of the molecule is CC(Oc1cc(C(C)C)ccc1F)C(=O)O. The predicted octanol–water partition coefficient (Wildman–Crippen LogP) is 2.80. The van der Waals surface area contributed by atoms with Gasteiger partial charge in [-0.2, -0.15) is 0 Å². The Hall–Kier alpha value is -1.58. The lowest BCUT2D eigenvalue weighted by Crippen LogP contribution is -2.23. The zero-order valence-corrected chi connectivity index (χ0v) is 9.53. The maximum absolute atomic E-state index is 13.3. The second kappa shape index (κ2) is 4.96. The third kappa shape index (κ3) is 2.95. The number of carbonyl (C=O) groups is 1. The molecule has 0 aliphatic rings. The average Bonchev–Trinajstić information content (AvgIpc) is 2.20. The van der Waals surface area contributed by atoms with Gasteiger partial charge < -0.3 is 9.84 Å². The van der Waals surface area contributed by atoms with Crippen LogP contribution in [0, 0.1) is 5.82 Å². The fraction of sp³-hybridized carbons (Fsp3) is 0.417. The van der Waals surface area contributed by atoms with Gasteiger partial charge in [0.2, 0.25) is 0 Å². The van der Waals surface area contributed by atoms with Gasteiger partial charge in [0.05, 0.1) is 0 Å². The Morgan fingerprint density at radius 1 is 1.38 bits per heavy atom. The van der Waals surface area contributed by atoms with Crippen LogP contribution in [0.1, 0.15) is 32.3 Å². The molecule has 0 heterocycles. The Morgan fingerprint density at radius 2 is 2.00 bits per heavy atom. The molecule has 1 rings (SSSR count). The van der Waals surface area contributed by atoms with Crippen molar-refractivity contribution in [2.45, 2.75) is 32.8 Å². The minimum absolute atomic E-state index is 0.0129. The lowest BCUT2D eigenvalue weighted by molar-refractivity contribution is -0.144. The van der Waals surface area contributed by atoms with Crippen LogP contribution in [0.25, 0.3) is 0 Å². The normalized spacial score (nSPS) is 12.6. The lowest BCUT2D eigenvalue weighted by Gasteiger charge is -2.13. The van der Waals surface area contributed by atoms with E-state index in [-0.39, 0.29) is 11.7 Å². The fourth-order valence-corrected chi connectivity index (χ4v) is 1.21. The summed E-state index contributed by atoms with van der Waals surface area (Å²) >= 11 is 0. The van der Waals surface area contributed by atoms with E-state index in [9.17, 15) is 9.18 Å². The first-order chi connectivity index (χ1) is 7.41. The summed E-state index contributed by atoms with van der Waals surface area (Å²) in [6.45, 7) is 5.30. The molecule has 0 saturated heterocycles. The van der Waals surface area contributed by atoms with Crippen LogP contribution >= 0.6 is 0 Å². The van der Waals surface area contributed by atoms with Gasteiger partial charge >= 0.3 is 5.97 Å². The van der Waals surface area contributed by atoms with Crippen molar-refractivity contribution in [3.05, 3.63) is 29.6 Å². The molecule has 1 aromatic carbocycles. The minimum Gasteiger partial charge on any atom is -0.479 e. The van der Waals surface area contributed by atoms with E-state index in [1.165, 1.54) is 13.0 Å². The van der Waals surface area contributed by atoms with Crippen molar-refractivity contribution in [1.29, 1.82) is 0 Å². The van der Waals surface area contributed by atoms with Crippen LogP contribution in [0.15, 0.2) is 18.2 Å². The zero-order valence-electron chi connectivity index (χ0n) is 9.53. The number of aliphatic carboxylic acids is 1. The maximum Gasteiger partial charge on any atom is 0.344 e. The molecule has 0 aliphatic carbocycles. The molecular formula is C12H15FO3. The summed E-state index contributed by atoms with van der Waals surface area (Å²) in [6.07, 6.45) is -1.06. The van der Waals surface area contributed by atoms with E-state index >= 15 is 0 Å². The average molecular weight is 226 g/mol. The molecule has 0 aromatic heterocycles. The van der Waals surface area contributed by atoms with Crippen molar-refractivity contribution >= 4 is 5.97 Å². The van der Waals surface area contributed by atoms with Crippen molar-refractivity contribution in [3.63, 3.8) is 0 Å². The summed E-state index contributed by atoms with van der Waals surface area (Å²) in [5, 5.41) is 8.67. The van der Waals surface area contributed by atoms with Crippen LogP contribution < -0.4 is 4.74 Å². The highest BCUT2D eigenvalue weighted by atomic mass is 19.1. The van der Waals surface area contributed by atoms with Gasteiger partial charge in [-0.3, -0.25) is 0 Å². The van der Waals surface area contributed by atoms with Gasteiger partial charge in [-0.25, -0.2) is 9.18 Å². The molecule has 4 heteroatoms. The largest absolute Gasteiger partial charge is 0.479 e. The molecular weight excluding hydrogens is 211 g/mol. The molecule has 1 aromatic rings. The summed E-state index contributed by atoms with van der Waals surface area (Å²) in [5.74, 6) is -1.43. The standard InChI is InChI=1S/C12H15FO3/c1-7(2)9-4-5-10(13)11(6-9)16-8(3)12(14)15/h4-8H,1-3H3,(H,14,15). The minimum atomic E-state index is -1.12. The van der Waals surface area contributed by atoms with Gasteiger partial charge in [0.25, 0.3) is 0 Å². The molecule has 3 nitrogen and oxygen atoms in total. The Kier molecular flexibility index (Phi) is 3.88.